The molecule has 0 atom stereocenters. The van der Waals surface area contributed by atoms with Crippen LogP contribution < -0.4 is 5.32 Å². The van der Waals surface area contributed by atoms with E-state index in [4.69, 9.17) is 4.42 Å². The van der Waals surface area contributed by atoms with Gasteiger partial charge in [-0.05, 0) is 36.2 Å². The molecule has 0 fully saturated rings. The van der Waals surface area contributed by atoms with E-state index in [1.165, 1.54) is 11.6 Å². The van der Waals surface area contributed by atoms with E-state index < -0.39 is 5.91 Å². The molecule has 0 saturated heterocycles. The van der Waals surface area contributed by atoms with Gasteiger partial charge in [-0.1, -0.05) is 49.4 Å². The third-order valence-corrected chi connectivity index (χ3v) is 3.96. The Kier molecular flexibility index (Phi) is 5.31. The maximum atomic E-state index is 12.3. The van der Waals surface area contributed by atoms with E-state index in [2.05, 4.69) is 12.2 Å². The van der Waals surface area contributed by atoms with Crippen molar-refractivity contribution < 1.29 is 9.21 Å². The third-order valence-electron chi connectivity index (χ3n) is 3.96. The van der Waals surface area contributed by atoms with Crippen LogP contribution in [0.5, 0.6) is 0 Å². The van der Waals surface area contributed by atoms with Crippen LogP contribution in [0.4, 0.5) is 5.69 Å². The smallest absolute Gasteiger partial charge is 0.266 e. The summed E-state index contributed by atoms with van der Waals surface area (Å²) in [7, 11) is 0. The van der Waals surface area contributed by atoms with Gasteiger partial charge in [0.2, 0.25) is 0 Å². The molecule has 0 unspecified atom stereocenters. The minimum atomic E-state index is -0.464. The Bertz CT molecular complexity index is 961. The summed E-state index contributed by atoms with van der Waals surface area (Å²) >= 11 is 0. The number of carbonyl (C=O) groups is 1. The van der Waals surface area contributed by atoms with Crippen LogP contribution in [0.15, 0.2) is 76.7 Å². The standard InChI is InChI=1S/C22H18N2O2/c1-2-16-8-10-19(11-9-16)24-22(25)18(15-23)14-20-12-13-21(26-20)17-6-4-3-5-7-17/h3-14H,2H2,1H3,(H,24,25)/b18-14+. The highest BCUT2D eigenvalue weighted by Crippen LogP contribution is 2.23. The fourth-order valence-electron chi connectivity index (χ4n) is 2.50. The van der Waals surface area contributed by atoms with Crippen LogP contribution in [0.2, 0.25) is 0 Å². The predicted molar refractivity (Wildman–Crippen MR) is 102 cm³/mol. The Morgan fingerprint density at radius 3 is 2.46 bits per heavy atom. The van der Waals surface area contributed by atoms with Crippen molar-refractivity contribution in [3.05, 3.63) is 83.6 Å². The van der Waals surface area contributed by atoms with E-state index >= 15 is 0 Å². The number of hydrogen-bond acceptors (Lipinski definition) is 3. The van der Waals surface area contributed by atoms with Gasteiger partial charge in [0, 0.05) is 17.3 Å². The van der Waals surface area contributed by atoms with E-state index in [9.17, 15) is 10.1 Å². The molecule has 4 nitrogen and oxygen atoms in total. The summed E-state index contributed by atoms with van der Waals surface area (Å²) < 4.78 is 5.73. The third kappa shape index (κ3) is 4.08. The molecule has 1 N–H and O–H groups in total. The van der Waals surface area contributed by atoms with Crippen molar-refractivity contribution in [3.63, 3.8) is 0 Å². The number of nitrogens with one attached hydrogen (secondary N) is 1. The molecule has 0 radical (unpaired) electrons. The van der Waals surface area contributed by atoms with Gasteiger partial charge < -0.3 is 9.73 Å². The monoisotopic (exact) mass is 342 g/mol. The van der Waals surface area contributed by atoms with Gasteiger partial charge in [-0.3, -0.25) is 4.79 Å². The van der Waals surface area contributed by atoms with Crippen molar-refractivity contribution in [2.24, 2.45) is 0 Å². The number of aryl methyl sites for hydroxylation is 1. The van der Waals surface area contributed by atoms with Crippen LogP contribution in [-0.4, -0.2) is 5.91 Å². The highest BCUT2D eigenvalue weighted by Gasteiger charge is 2.11. The zero-order chi connectivity index (χ0) is 18.4. The summed E-state index contributed by atoms with van der Waals surface area (Å²) in [4.78, 5) is 12.3. The average Bonchev–Trinajstić information content (AvgIpc) is 3.16. The second-order valence-corrected chi connectivity index (χ2v) is 5.74. The number of hydrogen-bond donors (Lipinski definition) is 1. The fraction of sp³-hybridized carbons (Fsp3) is 0.0909. The van der Waals surface area contributed by atoms with Crippen molar-refractivity contribution in [2.75, 3.05) is 5.32 Å². The molecule has 1 amide bonds. The van der Waals surface area contributed by atoms with E-state index in [1.54, 1.807) is 6.07 Å². The van der Waals surface area contributed by atoms with Crippen LogP contribution in [0, 0.1) is 11.3 Å². The molecule has 0 aliphatic rings. The molecule has 0 saturated carbocycles. The van der Waals surface area contributed by atoms with E-state index in [0.717, 1.165) is 12.0 Å². The topological polar surface area (TPSA) is 66.0 Å². The first-order valence-electron chi connectivity index (χ1n) is 8.37. The van der Waals surface area contributed by atoms with Gasteiger partial charge in [0.1, 0.15) is 23.2 Å². The van der Waals surface area contributed by atoms with Gasteiger partial charge >= 0.3 is 0 Å². The highest BCUT2D eigenvalue weighted by atomic mass is 16.3. The molecule has 2 aromatic carbocycles. The molecule has 0 aliphatic carbocycles. The molecule has 3 aromatic rings. The lowest BCUT2D eigenvalue weighted by Crippen LogP contribution is -2.13. The number of carbonyl (C=O) groups excluding carboxylic acids is 1. The van der Waals surface area contributed by atoms with Crippen molar-refractivity contribution in [1.82, 2.24) is 0 Å². The van der Waals surface area contributed by atoms with Crippen LogP contribution in [0.3, 0.4) is 0 Å². The van der Waals surface area contributed by atoms with Gasteiger partial charge in [0.05, 0.1) is 0 Å². The summed E-state index contributed by atoms with van der Waals surface area (Å²) in [6.07, 6.45) is 2.38. The molecule has 1 aromatic heterocycles. The minimum Gasteiger partial charge on any atom is -0.457 e. The maximum absolute atomic E-state index is 12.3. The summed E-state index contributed by atoms with van der Waals surface area (Å²) in [6.45, 7) is 2.07. The second kappa shape index (κ2) is 8.00. The van der Waals surface area contributed by atoms with Gasteiger partial charge in [-0.2, -0.15) is 5.26 Å². The lowest BCUT2D eigenvalue weighted by molar-refractivity contribution is -0.112. The summed E-state index contributed by atoms with van der Waals surface area (Å²) in [5.74, 6) is 0.677. The fourth-order valence-corrected chi connectivity index (χ4v) is 2.50. The molecule has 0 aliphatic heterocycles. The van der Waals surface area contributed by atoms with Crippen molar-refractivity contribution in [2.45, 2.75) is 13.3 Å². The first-order valence-corrected chi connectivity index (χ1v) is 8.37. The number of rotatable bonds is 5. The largest absolute Gasteiger partial charge is 0.457 e. The first-order chi connectivity index (χ1) is 12.7. The molecular weight excluding hydrogens is 324 g/mol. The molecule has 0 bridgehead atoms. The van der Waals surface area contributed by atoms with Crippen molar-refractivity contribution in [1.29, 1.82) is 5.26 Å². The Morgan fingerprint density at radius 1 is 1.08 bits per heavy atom. The average molecular weight is 342 g/mol. The molecule has 26 heavy (non-hydrogen) atoms. The SMILES string of the molecule is CCc1ccc(NC(=O)/C(C#N)=C/c2ccc(-c3ccccc3)o2)cc1. The summed E-state index contributed by atoms with van der Waals surface area (Å²) in [6, 6.07) is 22.7. The molecule has 1 heterocycles. The summed E-state index contributed by atoms with van der Waals surface area (Å²) in [5, 5.41) is 12.1. The molecule has 4 heteroatoms. The molecule has 0 spiro atoms. The Morgan fingerprint density at radius 2 is 1.81 bits per heavy atom. The van der Waals surface area contributed by atoms with Gasteiger partial charge in [0.25, 0.3) is 5.91 Å². The van der Waals surface area contributed by atoms with E-state index in [1.807, 2.05) is 66.7 Å². The number of benzene rings is 2. The van der Waals surface area contributed by atoms with Gasteiger partial charge in [-0.15, -0.1) is 0 Å². The quantitative estimate of drug-likeness (QED) is 0.521. The van der Waals surface area contributed by atoms with Crippen molar-refractivity contribution in [3.8, 4) is 17.4 Å². The number of furan rings is 1. The van der Waals surface area contributed by atoms with Gasteiger partial charge in [-0.25, -0.2) is 0 Å². The van der Waals surface area contributed by atoms with Crippen LogP contribution >= 0.6 is 0 Å². The van der Waals surface area contributed by atoms with Crippen LogP contribution in [0.1, 0.15) is 18.2 Å². The lowest BCUT2D eigenvalue weighted by Gasteiger charge is -2.05. The predicted octanol–water partition coefficient (Wildman–Crippen LogP) is 5.05. The van der Waals surface area contributed by atoms with E-state index in [0.29, 0.717) is 17.2 Å². The van der Waals surface area contributed by atoms with E-state index in [-0.39, 0.29) is 5.57 Å². The molecule has 128 valence electrons. The Labute approximate surface area is 152 Å². The van der Waals surface area contributed by atoms with Crippen molar-refractivity contribution >= 4 is 17.7 Å². The van der Waals surface area contributed by atoms with Crippen LogP contribution in [0.25, 0.3) is 17.4 Å². The summed E-state index contributed by atoms with van der Waals surface area (Å²) in [5.41, 5.74) is 2.76. The minimum absolute atomic E-state index is 0.0153. The lowest BCUT2D eigenvalue weighted by atomic mass is 10.1. The second-order valence-electron chi connectivity index (χ2n) is 5.74. The zero-order valence-electron chi connectivity index (χ0n) is 14.4. The van der Waals surface area contributed by atoms with Gasteiger partial charge in [0.15, 0.2) is 0 Å². The molecule has 3 rings (SSSR count). The normalized spacial score (nSPS) is 11.0. The van der Waals surface area contributed by atoms with Crippen LogP contribution in [-0.2, 0) is 11.2 Å². The Balaban J connectivity index is 1.76. The highest BCUT2D eigenvalue weighted by molar-refractivity contribution is 6.09. The number of nitriles is 1. The molecular formula is C22H18N2O2. The zero-order valence-corrected chi connectivity index (χ0v) is 14.4. The maximum Gasteiger partial charge on any atom is 0.266 e. The number of amides is 1. The number of anilines is 1. The Hall–Kier alpha value is -3.58. The number of nitrogens with zero attached hydrogens (tertiary/aromatic N) is 1. The first kappa shape index (κ1) is 17.2.